The molecule has 0 aliphatic heterocycles. The van der Waals surface area contributed by atoms with Gasteiger partial charge in [0.1, 0.15) is 5.60 Å². The lowest BCUT2D eigenvalue weighted by atomic mass is 9.93. The normalized spacial score (nSPS) is 21.5. The van der Waals surface area contributed by atoms with E-state index in [4.69, 9.17) is 11.6 Å². The molecular weight excluding hydrogens is 204 g/mol. The fourth-order valence-electron chi connectivity index (χ4n) is 1.77. The van der Waals surface area contributed by atoms with Gasteiger partial charge in [-0.3, -0.25) is 0 Å². The van der Waals surface area contributed by atoms with Gasteiger partial charge in [-0.2, -0.15) is 0 Å². The summed E-state index contributed by atoms with van der Waals surface area (Å²) in [5.74, 6) is 0.465. The lowest BCUT2D eigenvalue weighted by Gasteiger charge is -2.25. The van der Waals surface area contributed by atoms with E-state index in [2.05, 4.69) is 0 Å². The van der Waals surface area contributed by atoms with Crippen molar-refractivity contribution in [2.45, 2.75) is 31.8 Å². The van der Waals surface area contributed by atoms with Gasteiger partial charge in [-0.25, -0.2) is 0 Å². The molecule has 1 aliphatic rings. The second-order valence-electron chi connectivity index (χ2n) is 3.66. The molecule has 0 spiro atoms. The molecule has 1 atom stereocenters. The molecule has 1 aromatic heterocycles. The van der Waals surface area contributed by atoms with Gasteiger partial charge < -0.3 is 5.11 Å². The number of rotatable bonds is 3. The zero-order valence-electron chi connectivity index (χ0n) is 7.59. The van der Waals surface area contributed by atoms with Gasteiger partial charge in [0.2, 0.25) is 0 Å². The third-order valence-electron chi connectivity index (χ3n) is 2.79. The van der Waals surface area contributed by atoms with Crippen LogP contribution in [0.2, 0.25) is 4.34 Å². The minimum Gasteiger partial charge on any atom is -0.384 e. The maximum Gasteiger partial charge on any atom is 0.101 e. The summed E-state index contributed by atoms with van der Waals surface area (Å²) >= 11 is 7.36. The first kappa shape index (κ1) is 9.50. The van der Waals surface area contributed by atoms with Gasteiger partial charge in [0.25, 0.3) is 0 Å². The van der Waals surface area contributed by atoms with Gasteiger partial charge in [-0.1, -0.05) is 18.5 Å². The summed E-state index contributed by atoms with van der Waals surface area (Å²) in [6.45, 7) is 2.03. The Bertz CT molecular complexity index is 306. The average Bonchev–Trinajstić information content (AvgIpc) is 2.89. The summed E-state index contributed by atoms with van der Waals surface area (Å²) in [5.41, 5.74) is -0.599. The van der Waals surface area contributed by atoms with Crippen molar-refractivity contribution in [1.29, 1.82) is 0 Å². The van der Waals surface area contributed by atoms with Crippen LogP contribution in [0.3, 0.4) is 0 Å². The van der Waals surface area contributed by atoms with Gasteiger partial charge in [0.15, 0.2) is 0 Å². The van der Waals surface area contributed by atoms with Gasteiger partial charge in [-0.05, 0) is 37.3 Å². The lowest BCUT2D eigenvalue weighted by Crippen LogP contribution is -2.25. The van der Waals surface area contributed by atoms with E-state index in [1.165, 1.54) is 11.3 Å². The van der Waals surface area contributed by atoms with Crippen LogP contribution in [0.15, 0.2) is 12.1 Å². The maximum atomic E-state index is 10.4. The number of hydrogen-bond acceptors (Lipinski definition) is 2. The zero-order chi connectivity index (χ0) is 9.47. The molecule has 1 saturated carbocycles. The van der Waals surface area contributed by atoms with Crippen molar-refractivity contribution >= 4 is 22.9 Å². The molecule has 0 bridgehead atoms. The maximum absolute atomic E-state index is 10.4. The number of hydrogen-bond donors (Lipinski definition) is 1. The van der Waals surface area contributed by atoms with E-state index in [0.29, 0.717) is 5.92 Å². The molecule has 0 amide bonds. The Kier molecular flexibility index (Phi) is 2.39. The van der Waals surface area contributed by atoms with Crippen LogP contribution in [0, 0.1) is 5.92 Å². The summed E-state index contributed by atoms with van der Waals surface area (Å²) in [4.78, 5) is 1.03. The van der Waals surface area contributed by atoms with Crippen molar-refractivity contribution in [2.75, 3.05) is 0 Å². The molecule has 1 N–H and O–H groups in total. The SMILES string of the molecule is CCC(O)(c1ccc(Cl)s1)C1CC1. The van der Waals surface area contributed by atoms with Crippen molar-refractivity contribution in [3.8, 4) is 0 Å². The van der Waals surface area contributed by atoms with Crippen LogP contribution in [0.1, 0.15) is 31.1 Å². The molecule has 0 radical (unpaired) electrons. The molecule has 1 nitrogen and oxygen atoms in total. The molecule has 1 aromatic rings. The van der Waals surface area contributed by atoms with E-state index in [0.717, 1.165) is 28.5 Å². The highest BCUT2D eigenvalue weighted by Gasteiger charge is 2.44. The fraction of sp³-hybridized carbons (Fsp3) is 0.600. The number of thiophene rings is 1. The number of halogens is 1. The standard InChI is InChI=1S/C10H13ClOS/c1-2-10(12,7-3-4-7)8-5-6-9(11)13-8/h5-7,12H,2-4H2,1H3. The predicted octanol–water partition coefficient (Wildman–Crippen LogP) is 3.41. The van der Waals surface area contributed by atoms with Crippen LogP contribution in [0.5, 0.6) is 0 Å². The summed E-state index contributed by atoms with van der Waals surface area (Å²) in [7, 11) is 0. The highest BCUT2D eigenvalue weighted by atomic mass is 35.5. The topological polar surface area (TPSA) is 20.2 Å². The molecule has 1 unspecified atom stereocenters. The summed E-state index contributed by atoms with van der Waals surface area (Å²) in [6, 6.07) is 3.82. The van der Waals surface area contributed by atoms with Crippen LogP contribution in [-0.2, 0) is 5.60 Å². The van der Waals surface area contributed by atoms with Crippen LogP contribution in [0.4, 0.5) is 0 Å². The largest absolute Gasteiger partial charge is 0.384 e. The molecule has 72 valence electrons. The van der Waals surface area contributed by atoms with Crippen molar-refractivity contribution in [3.63, 3.8) is 0 Å². The molecule has 1 fully saturated rings. The number of aliphatic hydroxyl groups is 1. The van der Waals surface area contributed by atoms with Crippen molar-refractivity contribution < 1.29 is 5.11 Å². The minimum absolute atomic E-state index is 0.465. The molecule has 3 heteroatoms. The molecule has 2 rings (SSSR count). The summed E-state index contributed by atoms with van der Waals surface area (Å²) < 4.78 is 0.766. The average molecular weight is 217 g/mol. The van der Waals surface area contributed by atoms with E-state index in [1.807, 2.05) is 19.1 Å². The van der Waals surface area contributed by atoms with Crippen LogP contribution >= 0.6 is 22.9 Å². The highest BCUT2D eigenvalue weighted by Crippen LogP contribution is 2.49. The Hall–Kier alpha value is -0.0500. The first-order chi connectivity index (χ1) is 6.16. The third-order valence-corrected chi connectivity index (χ3v) is 4.19. The fourth-order valence-corrected chi connectivity index (χ4v) is 3.05. The van der Waals surface area contributed by atoms with Gasteiger partial charge >= 0.3 is 0 Å². The Morgan fingerprint density at radius 2 is 2.31 bits per heavy atom. The quantitative estimate of drug-likeness (QED) is 0.821. The zero-order valence-corrected chi connectivity index (χ0v) is 9.16. The van der Waals surface area contributed by atoms with Gasteiger partial charge in [0.05, 0.1) is 4.34 Å². The Morgan fingerprint density at radius 1 is 1.62 bits per heavy atom. The van der Waals surface area contributed by atoms with Gasteiger partial charge in [-0.15, -0.1) is 11.3 Å². The Morgan fingerprint density at radius 3 is 2.69 bits per heavy atom. The molecule has 0 saturated heterocycles. The lowest BCUT2D eigenvalue weighted by molar-refractivity contribution is 0.0126. The van der Waals surface area contributed by atoms with Crippen LogP contribution < -0.4 is 0 Å². The second kappa shape index (κ2) is 3.26. The van der Waals surface area contributed by atoms with Crippen LogP contribution in [-0.4, -0.2) is 5.11 Å². The highest BCUT2D eigenvalue weighted by molar-refractivity contribution is 7.16. The first-order valence-corrected chi connectivity index (χ1v) is 5.84. The minimum atomic E-state index is -0.599. The second-order valence-corrected chi connectivity index (χ2v) is 5.37. The van der Waals surface area contributed by atoms with Crippen molar-refractivity contribution in [3.05, 3.63) is 21.3 Å². The molecule has 0 aromatic carbocycles. The monoisotopic (exact) mass is 216 g/mol. The first-order valence-electron chi connectivity index (χ1n) is 4.65. The van der Waals surface area contributed by atoms with E-state index < -0.39 is 5.60 Å². The third kappa shape index (κ3) is 1.63. The predicted molar refractivity (Wildman–Crippen MR) is 56.2 cm³/mol. The van der Waals surface area contributed by atoms with E-state index >= 15 is 0 Å². The Labute approximate surface area is 87.4 Å². The molecular formula is C10H13ClOS. The summed E-state index contributed by atoms with van der Waals surface area (Å²) in [6.07, 6.45) is 3.09. The Balaban J connectivity index is 2.29. The molecule has 13 heavy (non-hydrogen) atoms. The molecule has 1 aliphatic carbocycles. The van der Waals surface area contributed by atoms with Crippen LogP contribution in [0.25, 0.3) is 0 Å². The smallest absolute Gasteiger partial charge is 0.101 e. The molecule has 1 heterocycles. The summed E-state index contributed by atoms with van der Waals surface area (Å²) in [5, 5.41) is 10.4. The van der Waals surface area contributed by atoms with Gasteiger partial charge in [0, 0.05) is 4.88 Å². The van der Waals surface area contributed by atoms with E-state index in [-0.39, 0.29) is 0 Å². The van der Waals surface area contributed by atoms with E-state index in [9.17, 15) is 5.11 Å². The van der Waals surface area contributed by atoms with Crippen molar-refractivity contribution in [2.24, 2.45) is 5.92 Å². The van der Waals surface area contributed by atoms with Crippen molar-refractivity contribution in [1.82, 2.24) is 0 Å². The van der Waals surface area contributed by atoms with E-state index in [1.54, 1.807) is 0 Å².